The van der Waals surface area contributed by atoms with E-state index in [1.54, 1.807) is 0 Å². The van der Waals surface area contributed by atoms with Gasteiger partial charge in [-0.05, 0) is 63.8 Å². The molecule has 2 aromatic carbocycles. The lowest BCUT2D eigenvalue weighted by Crippen LogP contribution is -2.49. The van der Waals surface area contributed by atoms with Gasteiger partial charge >= 0.3 is 0 Å². The molecule has 0 saturated heterocycles. The Morgan fingerprint density at radius 3 is 1.15 bits per heavy atom. The van der Waals surface area contributed by atoms with Crippen molar-refractivity contribution in [3.05, 3.63) is 70.0 Å². The van der Waals surface area contributed by atoms with Crippen LogP contribution in [0.2, 0.25) is 0 Å². The Kier molecular flexibility index (Phi) is 4.88. The van der Waals surface area contributed by atoms with Crippen molar-refractivity contribution in [1.82, 2.24) is 0 Å². The second kappa shape index (κ2) is 6.74. The summed E-state index contributed by atoms with van der Waals surface area (Å²) in [6.45, 7) is 20.3. The number of anilines is 2. The van der Waals surface area contributed by atoms with Crippen LogP contribution in [0.5, 0.6) is 0 Å². The van der Waals surface area contributed by atoms with Gasteiger partial charge in [-0.1, -0.05) is 56.2 Å². The largest absolute Gasteiger partial charge is 0.324 e. The monoisotopic (exact) mass is 362 g/mol. The molecular weight excluding hydrogens is 328 g/mol. The Morgan fingerprint density at radius 2 is 0.889 bits per heavy atom. The Morgan fingerprint density at radius 1 is 0.593 bits per heavy atom. The first-order valence-corrected chi connectivity index (χ1v) is 9.91. The SMILES string of the molecule is Cc1cc(C)c(N2C=CN(c3c(C)cc(C)cc3C)C2C(C)(C)C)c(C)c1. The van der Waals surface area contributed by atoms with E-state index in [4.69, 9.17) is 0 Å². The van der Waals surface area contributed by atoms with Crippen molar-refractivity contribution in [1.29, 1.82) is 0 Å². The molecule has 0 radical (unpaired) electrons. The van der Waals surface area contributed by atoms with E-state index in [9.17, 15) is 0 Å². The van der Waals surface area contributed by atoms with Crippen LogP contribution in [-0.4, -0.2) is 6.17 Å². The van der Waals surface area contributed by atoms with Crippen LogP contribution in [0.1, 0.15) is 54.2 Å². The summed E-state index contributed by atoms with van der Waals surface area (Å²) in [5.74, 6) is 0. The van der Waals surface area contributed by atoms with Gasteiger partial charge in [0.05, 0.1) is 0 Å². The van der Waals surface area contributed by atoms with Crippen LogP contribution in [0.3, 0.4) is 0 Å². The molecule has 2 nitrogen and oxygen atoms in total. The Bertz CT molecular complexity index is 786. The Balaban J connectivity index is 2.15. The molecule has 27 heavy (non-hydrogen) atoms. The second-order valence-electron chi connectivity index (χ2n) is 9.35. The van der Waals surface area contributed by atoms with E-state index in [-0.39, 0.29) is 11.6 Å². The van der Waals surface area contributed by atoms with Gasteiger partial charge in [0.25, 0.3) is 0 Å². The summed E-state index contributed by atoms with van der Waals surface area (Å²) in [6.07, 6.45) is 4.76. The number of nitrogens with zero attached hydrogens (tertiary/aromatic N) is 2. The van der Waals surface area contributed by atoms with Crippen molar-refractivity contribution in [2.75, 3.05) is 9.80 Å². The van der Waals surface area contributed by atoms with Crippen molar-refractivity contribution >= 4 is 11.4 Å². The van der Waals surface area contributed by atoms with E-state index < -0.39 is 0 Å². The molecule has 0 fully saturated rings. The molecule has 0 atom stereocenters. The molecule has 0 N–H and O–H groups in total. The van der Waals surface area contributed by atoms with Gasteiger partial charge in [-0.15, -0.1) is 0 Å². The summed E-state index contributed by atoms with van der Waals surface area (Å²) in [7, 11) is 0. The molecule has 0 amide bonds. The highest BCUT2D eigenvalue weighted by Gasteiger charge is 2.39. The van der Waals surface area contributed by atoms with Crippen LogP contribution in [0.25, 0.3) is 0 Å². The highest BCUT2D eigenvalue weighted by molar-refractivity contribution is 5.71. The fraction of sp³-hybridized carbons (Fsp3) is 0.440. The summed E-state index contributed by atoms with van der Waals surface area (Å²) in [5, 5.41) is 0. The molecule has 0 spiro atoms. The van der Waals surface area contributed by atoms with Gasteiger partial charge in [0.1, 0.15) is 6.17 Å². The summed E-state index contributed by atoms with van der Waals surface area (Å²) in [5.41, 5.74) is 10.8. The third-order valence-corrected chi connectivity index (χ3v) is 5.48. The maximum absolute atomic E-state index is 2.48. The van der Waals surface area contributed by atoms with Crippen molar-refractivity contribution in [3.8, 4) is 0 Å². The fourth-order valence-electron chi connectivity index (χ4n) is 4.83. The Hall–Kier alpha value is -2.22. The van der Waals surface area contributed by atoms with E-state index in [0.29, 0.717) is 0 Å². The maximum atomic E-state index is 2.48. The lowest BCUT2D eigenvalue weighted by Gasteiger charge is -2.43. The summed E-state index contributed by atoms with van der Waals surface area (Å²) in [6, 6.07) is 9.17. The first-order valence-electron chi connectivity index (χ1n) is 9.91. The quantitative estimate of drug-likeness (QED) is 0.586. The van der Waals surface area contributed by atoms with E-state index >= 15 is 0 Å². The van der Waals surface area contributed by atoms with Crippen molar-refractivity contribution < 1.29 is 0 Å². The molecule has 1 aliphatic heterocycles. The zero-order valence-electron chi connectivity index (χ0n) is 18.4. The van der Waals surface area contributed by atoms with Crippen LogP contribution in [-0.2, 0) is 0 Å². The van der Waals surface area contributed by atoms with Gasteiger partial charge in [-0.2, -0.15) is 0 Å². The number of aryl methyl sites for hydroxylation is 6. The fourth-order valence-corrected chi connectivity index (χ4v) is 4.83. The average Bonchev–Trinajstić information content (AvgIpc) is 2.89. The first kappa shape index (κ1) is 19.5. The molecule has 0 aromatic heterocycles. The molecule has 0 unspecified atom stereocenters. The predicted molar refractivity (Wildman–Crippen MR) is 119 cm³/mol. The minimum Gasteiger partial charge on any atom is -0.324 e. The summed E-state index contributed by atoms with van der Waals surface area (Å²) >= 11 is 0. The standard InChI is InChI=1S/C25H34N2/c1-16-12-18(3)22(19(4)13-16)26-10-11-27(24(26)25(7,8)9)23-20(5)14-17(2)15-21(23)6/h10-15,24H,1-9H3. The van der Waals surface area contributed by atoms with Gasteiger partial charge in [-0.3, -0.25) is 0 Å². The normalized spacial score (nSPS) is 15.1. The van der Waals surface area contributed by atoms with Crippen LogP contribution < -0.4 is 9.80 Å². The zero-order valence-corrected chi connectivity index (χ0v) is 18.4. The van der Waals surface area contributed by atoms with E-state index in [2.05, 4.69) is 109 Å². The molecular formula is C25H34N2. The van der Waals surface area contributed by atoms with Gasteiger partial charge < -0.3 is 9.80 Å². The minimum absolute atomic E-state index is 0.0804. The molecule has 1 heterocycles. The van der Waals surface area contributed by atoms with Crippen molar-refractivity contribution in [3.63, 3.8) is 0 Å². The second-order valence-corrected chi connectivity index (χ2v) is 9.35. The molecule has 3 rings (SSSR count). The van der Waals surface area contributed by atoms with Crippen LogP contribution in [0, 0.1) is 47.0 Å². The number of hydrogen-bond acceptors (Lipinski definition) is 2. The lowest BCUT2D eigenvalue weighted by molar-refractivity contribution is 0.326. The van der Waals surface area contributed by atoms with E-state index in [1.807, 2.05) is 0 Å². The van der Waals surface area contributed by atoms with Crippen molar-refractivity contribution in [2.45, 2.75) is 68.5 Å². The van der Waals surface area contributed by atoms with E-state index in [1.165, 1.54) is 44.8 Å². The zero-order chi connectivity index (χ0) is 20.1. The maximum Gasteiger partial charge on any atom is 0.115 e. The average molecular weight is 363 g/mol. The molecule has 2 aromatic rings. The third kappa shape index (κ3) is 3.50. The smallest absolute Gasteiger partial charge is 0.115 e. The number of hydrogen-bond donors (Lipinski definition) is 0. The van der Waals surface area contributed by atoms with Gasteiger partial charge in [0.15, 0.2) is 0 Å². The summed E-state index contributed by atoms with van der Waals surface area (Å²) < 4.78 is 0. The number of benzene rings is 2. The van der Waals surface area contributed by atoms with Gasteiger partial charge in [-0.25, -0.2) is 0 Å². The third-order valence-electron chi connectivity index (χ3n) is 5.48. The summed E-state index contributed by atoms with van der Waals surface area (Å²) in [4.78, 5) is 4.95. The van der Waals surface area contributed by atoms with E-state index in [0.717, 1.165) is 0 Å². The molecule has 2 heteroatoms. The molecule has 0 saturated carbocycles. The van der Waals surface area contributed by atoms with Crippen LogP contribution >= 0.6 is 0 Å². The van der Waals surface area contributed by atoms with Gasteiger partial charge in [0.2, 0.25) is 0 Å². The highest BCUT2D eigenvalue weighted by atomic mass is 15.4. The molecule has 144 valence electrons. The number of rotatable bonds is 2. The van der Waals surface area contributed by atoms with Crippen LogP contribution in [0.4, 0.5) is 11.4 Å². The molecule has 0 aliphatic carbocycles. The van der Waals surface area contributed by atoms with Crippen molar-refractivity contribution in [2.24, 2.45) is 5.41 Å². The first-order chi connectivity index (χ1) is 12.5. The molecule has 0 bridgehead atoms. The van der Waals surface area contributed by atoms with Gasteiger partial charge in [0, 0.05) is 29.2 Å². The Labute approximate surface area is 165 Å². The topological polar surface area (TPSA) is 6.48 Å². The highest BCUT2D eigenvalue weighted by Crippen LogP contribution is 2.42. The predicted octanol–water partition coefficient (Wildman–Crippen LogP) is 6.71. The minimum atomic E-state index is 0.0804. The van der Waals surface area contributed by atoms with Crippen LogP contribution in [0.15, 0.2) is 36.7 Å². The molecule has 1 aliphatic rings. The lowest BCUT2D eigenvalue weighted by atomic mass is 9.89.